The normalized spacial score (nSPS) is 12.3. The minimum atomic E-state index is 0.0910. The number of unbranched alkanes of at least 4 members (excludes halogenated alkanes) is 4. The number of hydrogen-bond acceptors (Lipinski definition) is 2. The first-order valence-electron chi connectivity index (χ1n) is 9.02. The molecule has 0 saturated heterocycles. The van der Waals surface area contributed by atoms with Crippen LogP contribution in [-0.4, -0.2) is 24.3 Å². The Balaban J connectivity index is 4.23. The third-order valence-electron chi connectivity index (χ3n) is 4.91. The Morgan fingerprint density at radius 1 is 0.850 bits per heavy atom. The number of aliphatic hydroxyl groups is 1. The van der Waals surface area contributed by atoms with Gasteiger partial charge in [-0.05, 0) is 25.7 Å². The van der Waals surface area contributed by atoms with Gasteiger partial charge >= 0.3 is 0 Å². The summed E-state index contributed by atoms with van der Waals surface area (Å²) in [4.78, 5) is 0. The van der Waals surface area contributed by atoms with Gasteiger partial charge in [-0.2, -0.15) is 0 Å². The van der Waals surface area contributed by atoms with Gasteiger partial charge in [0.05, 0.1) is 0 Å². The molecule has 2 N–H and O–H groups in total. The second-order valence-corrected chi connectivity index (χ2v) is 6.43. The van der Waals surface area contributed by atoms with Crippen molar-refractivity contribution in [2.24, 2.45) is 5.41 Å². The zero-order chi connectivity index (χ0) is 15.3. The zero-order valence-electron chi connectivity index (χ0n) is 14.5. The SMILES string of the molecule is CCCCCC(CCCCC)NCC(CC)(CC)CO. The van der Waals surface area contributed by atoms with E-state index >= 15 is 0 Å². The minimum absolute atomic E-state index is 0.0910. The van der Waals surface area contributed by atoms with Crippen molar-refractivity contribution in [2.75, 3.05) is 13.2 Å². The lowest BCUT2D eigenvalue weighted by Crippen LogP contribution is -2.41. The Morgan fingerprint density at radius 2 is 1.35 bits per heavy atom. The maximum absolute atomic E-state index is 9.68. The molecule has 0 heterocycles. The van der Waals surface area contributed by atoms with Gasteiger partial charge in [0.25, 0.3) is 0 Å². The fraction of sp³-hybridized carbons (Fsp3) is 1.00. The molecule has 0 radical (unpaired) electrons. The van der Waals surface area contributed by atoms with Crippen molar-refractivity contribution in [3.05, 3.63) is 0 Å². The lowest BCUT2D eigenvalue weighted by molar-refractivity contribution is 0.108. The summed E-state index contributed by atoms with van der Waals surface area (Å²) in [5.41, 5.74) is 0.0910. The Hall–Kier alpha value is -0.0800. The van der Waals surface area contributed by atoms with Crippen LogP contribution in [0.5, 0.6) is 0 Å². The van der Waals surface area contributed by atoms with E-state index in [9.17, 15) is 5.11 Å². The molecule has 0 aromatic rings. The summed E-state index contributed by atoms with van der Waals surface area (Å²) in [6.07, 6.45) is 12.7. The minimum Gasteiger partial charge on any atom is -0.396 e. The van der Waals surface area contributed by atoms with Gasteiger partial charge in [-0.15, -0.1) is 0 Å². The average molecular weight is 286 g/mol. The lowest BCUT2D eigenvalue weighted by Gasteiger charge is -2.32. The van der Waals surface area contributed by atoms with Gasteiger partial charge in [0.15, 0.2) is 0 Å². The Kier molecular flexibility index (Phi) is 12.6. The first-order valence-corrected chi connectivity index (χ1v) is 9.02. The maximum Gasteiger partial charge on any atom is 0.0499 e. The van der Waals surface area contributed by atoms with Crippen molar-refractivity contribution in [1.82, 2.24) is 5.32 Å². The molecule has 0 spiro atoms. The quantitative estimate of drug-likeness (QED) is 0.445. The third-order valence-corrected chi connectivity index (χ3v) is 4.91. The second kappa shape index (κ2) is 12.6. The molecule has 20 heavy (non-hydrogen) atoms. The summed E-state index contributed by atoms with van der Waals surface area (Å²) >= 11 is 0. The summed E-state index contributed by atoms with van der Waals surface area (Å²) in [6.45, 7) is 10.2. The van der Waals surface area contributed by atoms with E-state index in [0.29, 0.717) is 12.6 Å². The largest absolute Gasteiger partial charge is 0.396 e. The monoisotopic (exact) mass is 285 g/mol. The summed E-state index contributed by atoms with van der Waals surface area (Å²) in [7, 11) is 0. The van der Waals surface area contributed by atoms with Crippen molar-refractivity contribution in [2.45, 2.75) is 97.9 Å². The second-order valence-electron chi connectivity index (χ2n) is 6.43. The molecule has 0 saturated carbocycles. The molecule has 0 aliphatic carbocycles. The molecule has 0 amide bonds. The molecule has 0 aliphatic rings. The van der Waals surface area contributed by atoms with Crippen molar-refractivity contribution >= 4 is 0 Å². The number of hydrogen-bond donors (Lipinski definition) is 2. The molecular formula is C18H39NO. The smallest absolute Gasteiger partial charge is 0.0499 e. The third kappa shape index (κ3) is 8.26. The van der Waals surface area contributed by atoms with E-state index in [1.165, 1.54) is 51.4 Å². The van der Waals surface area contributed by atoms with Crippen LogP contribution >= 0.6 is 0 Å². The Bertz CT molecular complexity index is 183. The molecule has 2 heteroatoms. The van der Waals surface area contributed by atoms with Crippen LogP contribution in [0.1, 0.15) is 91.9 Å². The van der Waals surface area contributed by atoms with E-state index in [-0.39, 0.29) is 5.41 Å². The van der Waals surface area contributed by atoms with Crippen LogP contribution in [0.4, 0.5) is 0 Å². The van der Waals surface area contributed by atoms with Crippen molar-refractivity contribution in [1.29, 1.82) is 0 Å². The van der Waals surface area contributed by atoms with Crippen LogP contribution in [0.2, 0.25) is 0 Å². The molecular weight excluding hydrogens is 246 g/mol. The van der Waals surface area contributed by atoms with E-state index in [1.54, 1.807) is 0 Å². The number of rotatable bonds is 14. The highest BCUT2D eigenvalue weighted by Crippen LogP contribution is 2.25. The van der Waals surface area contributed by atoms with Gasteiger partial charge in [0.1, 0.15) is 0 Å². The van der Waals surface area contributed by atoms with Crippen molar-refractivity contribution < 1.29 is 5.11 Å². The molecule has 0 aromatic carbocycles. The van der Waals surface area contributed by atoms with Crippen molar-refractivity contribution in [3.63, 3.8) is 0 Å². The molecule has 0 atom stereocenters. The Morgan fingerprint density at radius 3 is 1.70 bits per heavy atom. The predicted octanol–water partition coefficient (Wildman–Crippen LogP) is 4.90. The van der Waals surface area contributed by atoms with Gasteiger partial charge in [0, 0.05) is 24.6 Å². The van der Waals surface area contributed by atoms with Crippen LogP contribution < -0.4 is 5.32 Å². The van der Waals surface area contributed by atoms with Gasteiger partial charge < -0.3 is 10.4 Å². The summed E-state index contributed by atoms with van der Waals surface area (Å²) in [5, 5.41) is 13.4. The van der Waals surface area contributed by atoms with E-state index in [4.69, 9.17) is 0 Å². The first kappa shape index (κ1) is 19.9. The molecule has 0 bridgehead atoms. The van der Waals surface area contributed by atoms with Crippen LogP contribution in [0, 0.1) is 5.41 Å². The fourth-order valence-electron chi connectivity index (χ4n) is 2.77. The number of aliphatic hydroxyl groups excluding tert-OH is 1. The van der Waals surface area contributed by atoms with Gasteiger partial charge in [-0.25, -0.2) is 0 Å². The lowest BCUT2D eigenvalue weighted by atomic mass is 9.83. The van der Waals surface area contributed by atoms with Crippen LogP contribution in [0.15, 0.2) is 0 Å². The van der Waals surface area contributed by atoms with E-state index < -0.39 is 0 Å². The summed E-state index contributed by atoms with van der Waals surface area (Å²) in [5.74, 6) is 0. The van der Waals surface area contributed by atoms with Crippen molar-refractivity contribution in [3.8, 4) is 0 Å². The molecule has 0 fully saturated rings. The standard InChI is InChI=1S/C18H39NO/c1-5-9-11-13-17(14-12-10-6-2)19-15-18(7-3,8-4)16-20/h17,19-20H,5-16H2,1-4H3. The maximum atomic E-state index is 9.68. The molecule has 122 valence electrons. The predicted molar refractivity (Wildman–Crippen MR) is 90.2 cm³/mol. The highest BCUT2D eigenvalue weighted by atomic mass is 16.3. The number of nitrogens with one attached hydrogen (secondary N) is 1. The van der Waals surface area contributed by atoms with Crippen LogP contribution in [-0.2, 0) is 0 Å². The summed E-state index contributed by atoms with van der Waals surface area (Å²) in [6, 6.07) is 0.650. The molecule has 0 rings (SSSR count). The van der Waals surface area contributed by atoms with E-state index in [2.05, 4.69) is 33.0 Å². The van der Waals surface area contributed by atoms with E-state index in [0.717, 1.165) is 19.4 Å². The Labute approximate surface area is 127 Å². The van der Waals surface area contributed by atoms with Gasteiger partial charge in [-0.1, -0.05) is 66.2 Å². The van der Waals surface area contributed by atoms with Crippen LogP contribution in [0.3, 0.4) is 0 Å². The van der Waals surface area contributed by atoms with Gasteiger partial charge in [-0.3, -0.25) is 0 Å². The first-order chi connectivity index (χ1) is 9.67. The average Bonchev–Trinajstić information content (AvgIpc) is 2.49. The fourth-order valence-corrected chi connectivity index (χ4v) is 2.77. The molecule has 0 unspecified atom stereocenters. The zero-order valence-corrected chi connectivity index (χ0v) is 14.5. The highest BCUT2D eigenvalue weighted by molar-refractivity contribution is 4.80. The van der Waals surface area contributed by atoms with Crippen LogP contribution in [0.25, 0.3) is 0 Å². The highest BCUT2D eigenvalue weighted by Gasteiger charge is 2.25. The molecule has 2 nitrogen and oxygen atoms in total. The summed E-state index contributed by atoms with van der Waals surface area (Å²) < 4.78 is 0. The topological polar surface area (TPSA) is 32.3 Å². The van der Waals surface area contributed by atoms with E-state index in [1.807, 2.05) is 0 Å². The molecule has 0 aliphatic heterocycles. The van der Waals surface area contributed by atoms with Gasteiger partial charge in [0.2, 0.25) is 0 Å². The molecule has 0 aromatic heterocycles.